The lowest BCUT2D eigenvalue weighted by Crippen LogP contribution is -2.26. The van der Waals surface area contributed by atoms with Crippen molar-refractivity contribution in [2.75, 3.05) is 0 Å². The number of rotatable bonds is 6. The third-order valence-corrected chi connectivity index (χ3v) is 4.99. The number of amides is 1. The molecule has 2 aromatic rings. The van der Waals surface area contributed by atoms with Crippen molar-refractivity contribution >= 4 is 52.2 Å². The highest BCUT2D eigenvalue weighted by Gasteiger charge is 2.25. The number of benzene rings is 2. The number of hydrogen-bond donors (Lipinski definition) is 2. The first-order valence-electron chi connectivity index (χ1n) is 8.50. The number of carboxylic acids is 1. The molecule has 0 bridgehead atoms. The monoisotopic (exact) mass is 416 g/mol. The summed E-state index contributed by atoms with van der Waals surface area (Å²) in [7, 11) is 0. The summed E-state index contributed by atoms with van der Waals surface area (Å²) in [5.41, 5.74) is 1.29. The van der Waals surface area contributed by atoms with E-state index in [2.05, 4.69) is 10.3 Å². The summed E-state index contributed by atoms with van der Waals surface area (Å²) in [6.45, 7) is 1.74. The Balaban J connectivity index is 1.83. The van der Waals surface area contributed by atoms with Gasteiger partial charge in [0, 0.05) is 10.6 Å². The highest BCUT2D eigenvalue weighted by atomic mass is 35.5. The molecule has 1 unspecified atom stereocenters. The maximum Gasteiger partial charge on any atom is 0.344 e. The Morgan fingerprint density at radius 1 is 1.29 bits per heavy atom. The molecular formula is C20H17ClN2O4S. The smallest absolute Gasteiger partial charge is 0.344 e. The molecule has 0 radical (unpaired) electrons. The third-order valence-electron chi connectivity index (χ3n) is 3.83. The van der Waals surface area contributed by atoms with E-state index in [1.165, 1.54) is 11.8 Å². The van der Waals surface area contributed by atoms with Crippen LogP contribution in [0, 0.1) is 0 Å². The van der Waals surface area contributed by atoms with E-state index in [0.29, 0.717) is 38.5 Å². The van der Waals surface area contributed by atoms with Crippen molar-refractivity contribution in [2.45, 2.75) is 19.4 Å². The molecule has 0 aromatic heterocycles. The van der Waals surface area contributed by atoms with Gasteiger partial charge in [0.05, 0.1) is 10.6 Å². The highest BCUT2D eigenvalue weighted by molar-refractivity contribution is 8.18. The molecule has 3 rings (SSSR count). The van der Waals surface area contributed by atoms with Gasteiger partial charge >= 0.3 is 5.97 Å². The first kappa shape index (κ1) is 20.0. The topological polar surface area (TPSA) is 88.0 Å². The predicted octanol–water partition coefficient (Wildman–Crippen LogP) is 4.47. The fourth-order valence-corrected chi connectivity index (χ4v) is 3.38. The minimum atomic E-state index is -1.03. The molecule has 1 aliphatic heterocycles. The molecule has 2 aromatic carbocycles. The number of aliphatic imine (C=N–C) groups is 1. The van der Waals surface area contributed by atoms with Crippen molar-refractivity contribution < 1.29 is 19.4 Å². The van der Waals surface area contributed by atoms with Crippen molar-refractivity contribution in [1.82, 2.24) is 5.32 Å². The van der Waals surface area contributed by atoms with Crippen LogP contribution in [0.15, 0.2) is 58.4 Å². The van der Waals surface area contributed by atoms with E-state index < -0.39 is 12.1 Å². The molecule has 0 aliphatic carbocycles. The van der Waals surface area contributed by atoms with E-state index in [1.54, 1.807) is 61.5 Å². The standard InChI is InChI=1S/C20H17ClN2O4S/c1-2-15(19(25)26)27-16-6-4-3-5-12(16)11-17-18(24)23-20(28-17)22-14-9-7-13(21)8-10-14/h3-11,15H,2H2,1H3,(H,25,26)(H,22,23,24)/b17-11+. The number of ether oxygens (including phenoxy) is 1. The summed E-state index contributed by atoms with van der Waals surface area (Å²) in [5, 5.41) is 13.0. The lowest BCUT2D eigenvalue weighted by molar-refractivity contribution is -0.145. The van der Waals surface area contributed by atoms with Crippen LogP contribution < -0.4 is 10.1 Å². The maximum absolute atomic E-state index is 12.3. The van der Waals surface area contributed by atoms with Crippen LogP contribution in [0.1, 0.15) is 18.9 Å². The van der Waals surface area contributed by atoms with Crippen LogP contribution in [0.4, 0.5) is 5.69 Å². The molecule has 8 heteroatoms. The number of aliphatic carboxylic acids is 1. The average molecular weight is 417 g/mol. The summed E-state index contributed by atoms with van der Waals surface area (Å²) in [5.74, 6) is -0.908. The minimum Gasteiger partial charge on any atom is -0.479 e. The van der Waals surface area contributed by atoms with Crippen LogP contribution in [-0.2, 0) is 9.59 Å². The Morgan fingerprint density at radius 3 is 2.68 bits per heavy atom. The van der Waals surface area contributed by atoms with Crippen LogP contribution in [0.2, 0.25) is 5.02 Å². The normalized spacial score (nSPS) is 17.6. The number of thioether (sulfide) groups is 1. The number of nitrogens with one attached hydrogen (secondary N) is 1. The Bertz CT molecular complexity index is 957. The first-order chi connectivity index (χ1) is 13.5. The van der Waals surface area contributed by atoms with Gasteiger partial charge in [-0.3, -0.25) is 4.79 Å². The second-order valence-electron chi connectivity index (χ2n) is 5.85. The highest BCUT2D eigenvalue weighted by Crippen LogP contribution is 2.31. The zero-order chi connectivity index (χ0) is 20.1. The van der Waals surface area contributed by atoms with E-state index in [9.17, 15) is 14.7 Å². The summed E-state index contributed by atoms with van der Waals surface area (Å²) >= 11 is 7.06. The average Bonchev–Trinajstić information content (AvgIpc) is 3.01. The van der Waals surface area contributed by atoms with Gasteiger partial charge in [-0.05, 0) is 54.6 Å². The van der Waals surface area contributed by atoms with Crippen LogP contribution in [0.3, 0.4) is 0 Å². The Morgan fingerprint density at radius 2 is 2.00 bits per heavy atom. The van der Waals surface area contributed by atoms with Gasteiger partial charge in [0.1, 0.15) is 5.75 Å². The summed E-state index contributed by atoms with van der Waals surface area (Å²) in [6, 6.07) is 13.9. The van der Waals surface area contributed by atoms with E-state index in [0.717, 1.165) is 0 Å². The molecule has 1 heterocycles. The van der Waals surface area contributed by atoms with Gasteiger partial charge in [-0.1, -0.05) is 36.7 Å². The van der Waals surface area contributed by atoms with Gasteiger partial charge in [-0.15, -0.1) is 0 Å². The lowest BCUT2D eigenvalue weighted by atomic mass is 10.1. The van der Waals surface area contributed by atoms with E-state index in [1.807, 2.05) is 0 Å². The minimum absolute atomic E-state index is 0.280. The van der Waals surface area contributed by atoms with Crippen molar-refractivity contribution in [3.8, 4) is 5.75 Å². The summed E-state index contributed by atoms with van der Waals surface area (Å²) in [4.78, 5) is 28.4. The van der Waals surface area contributed by atoms with Gasteiger partial charge < -0.3 is 15.2 Å². The second-order valence-corrected chi connectivity index (χ2v) is 7.32. The van der Waals surface area contributed by atoms with Crippen LogP contribution in [-0.4, -0.2) is 28.3 Å². The third kappa shape index (κ3) is 4.94. The van der Waals surface area contributed by atoms with Gasteiger partial charge in [0.2, 0.25) is 0 Å². The largest absolute Gasteiger partial charge is 0.479 e. The van der Waals surface area contributed by atoms with Crippen LogP contribution >= 0.6 is 23.4 Å². The zero-order valence-electron chi connectivity index (χ0n) is 14.9. The molecule has 0 saturated carbocycles. The van der Waals surface area contributed by atoms with Crippen molar-refractivity contribution in [2.24, 2.45) is 4.99 Å². The zero-order valence-corrected chi connectivity index (χ0v) is 16.5. The van der Waals surface area contributed by atoms with Crippen LogP contribution in [0.25, 0.3) is 6.08 Å². The molecule has 144 valence electrons. The number of carbonyl (C=O) groups excluding carboxylic acids is 1. The molecule has 6 nitrogen and oxygen atoms in total. The number of carboxylic acid groups (broad SMARTS) is 1. The molecule has 28 heavy (non-hydrogen) atoms. The number of hydrogen-bond acceptors (Lipinski definition) is 5. The quantitative estimate of drug-likeness (QED) is 0.678. The Kier molecular flexibility index (Phi) is 6.38. The van der Waals surface area contributed by atoms with Crippen LogP contribution in [0.5, 0.6) is 5.75 Å². The number of carbonyl (C=O) groups is 2. The molecule has 1 atom stereocenters. The van der Waals surface area contributed by atoms with Crippen molar-refractivity contribution in [1.29, 1.82) is 0 Å². The van der Waals surface area contributed by atoms with Crippen molar-refractivity contribution in [3.05, 3.63) is 64.0 Å². The molecular weight excluding hydrogens is 400 g/mol. The maximum atomic E-state index is 12.3. The Hall–Kier alpha value is -2.77. The first-order valence-corrected chi connectivity index (χ1v) is 9.69. The van der Waals surface area contributed by atoms with Gasteiger partial charge in [0.25, 0.3) is 5.91 Å². The lowest BCUT2D eigenvalue weighted by Gasteiger charge is -2.15. The van der Waals surface area contributed by atoms with Gasteiger partial charge in [-0.25, -0.2) is 9.79 Å². The van der Waals surface area contributed by atoms with Gasteiger partial charge in [-0.2, -0.15) is 0 Å². The fraction of sp³-hybridized carbons (Fsp3) is 0.150. The van der Waals surface area contributed by atoms with Crippen molar-refractivity contribution in [3.63, 3.8) is 0 Å². The molecule has 1 aliphatic rings. The SMILES string of the molecule is CCC(Oc1ccccc1/C=C1/SC(=Nc2ccc(Cl)cc2)NC1=O)C(=O)O. The molecule has 0 spiro atoms. The predicted molar refractivity (Wildman–Crippen MR) is 111 cm³/mol. The molecule has 2 N–H and O–H groups in total. The number of halogens is 1. The molecule has 1 fully saturated rings. The van der Waals surface area contributed by atoms with E-state index >= 15 is 0 Å². The van der Waals surface area contributed by atoms with Gasteiger partial charge in [0.15, 0.2) is 11.3 Å². The Labute approximate surface area is 171 Å². The molecule has 1 amide bonds. The number of amidine groups is 1. The second kappa shape index (κ2) is 8.95. The van der Waals surface area contributed by atoms with E-state index in [4.69, 9.17) is 16.3 Å². The fourth-order valence-electron chi connectivity index (χ4n) is 2.42. The van der Waals surface area contributed by atoms with E-state index in [-0.39, 0.29) is 5.91 Å². The summed E-state index contributed by atoms with van der Waals surface area (Å²) < 4.78 is 5.61. The molecule has 1 saturated heterocycles. The number of para-hydroxylation sites is 1. The summed E-state index contributed by atoms with van der Waals surface area (Å²) in [6.07, 6.45) is 1.04. The number of nitrogens with zero attached hydrogens (tertiary/aromatic N) is 1.